The molecule has 0 unspecified atom stereocenters. The first-order valence-corrected chi connectivity index (χ1v) is 4.52. The van der Waals surface area contributed by atoms with Crippen LogP contribution in [0.5, 0.6) is 0 Å². The van der Waals surface area contributed by atoms with Gasteiger partial charge in [-0.1, -0.05) is 0 Å². The fourth-order valence-corrected chi connectivity index (χ4v) is 1.71. The topological polar surface area (TPSA) is 55.1 Å². The molecule has 1 N–H and O–H groups in total. The van der Waals surface area contributed by atoms with E-state index in [2.05, 4.69) is 9.55 Å². The smallest absolute Gasteiger partial charge is 0.309 e. The lowest BCUT2D eigenvalue weighted by Gasteiger charge is -2.11. The van der Waals surface area contributed by atoms with Gasteiger partial charge < -0.3 is 9.67 Å². The SMILES string of the molecule is Br.O=C(O)Cc1cn2c(n1)CCCC2. The summed E-state index contributed by atoms with van der Waals surface area (Å²) in [5, 5.41) is 8.58. The third-order valence-electron chi connectivity index (χ3n) is 2.29. The second-order valence-electron chi connectivity index (χ2n) is 3.37. The minimum atomic E-state index is -0.810. The highest BCUT2D eigenvalue weighted by atomic mass is 79.9. The molecule has 14 heavy (non-hydrogen) atoms. The molecule has 5 heteroatoms. The largest absolute Gasteiger partial charge is 0.481 e. The summed E-state index contributed by atoms with van der Waals surface area (Å²) in [7, 11) is 0. The van der Waals surface area contributed by atoms with Crippen LogP contribution in [-0.2, 0) is 24.2 Å². The first kappa shape index (κ1) is 11.2. The van der Waals surface area contributed by atoms with Crippen molar-refractivity contribution in [3.8, 4) is 0 Å². The molecule has 2 heterocycles. The highest BCUT2D eigenvalue weighted by Crippen LogP contribution is 2.14. The Balaban J connectivity index is 0.000000980. The fraction of sp³-hybridized carbons (Fsp3) is 0.556. The number of fused-ring (bicyclic) bond motifs is 1. The fourth-order valence-electron chi connectivity index (χ4n) is 1.71. The van der Waals surface area contributed by atoms with Gasteiger partial charge in [-0.15, -0.1) is 17.0 Å². The molecule has 1 aromatic heterocycles. The van der Waals surface area contributed by atoms with E-state index in [4.69, 9.17) is 5.11 Å². The molecule has 4 nitrogen and oxygen atoms in total. The standard InChI is InChI=1S/C9H12N2O2.BrH/c12-9(13)5-7-6-11-4-2-1-3-8(11)10-7;/h6H,1-5H2,(H,12,13);1H. The molecule has 0 atom stereocenters. The second-order valence-corrected chi connectivity index (χ2v) is 3.37. The zero-order valence-electron chi connectivity index (χ0n) is 7.77. The Morgan fingerprint density at radius 3 is 3.00 bits per heavy atom. The molecule has 0 fully saturated rings. The number of aromatic nitrogens is 2. The van der Waals surface area contributed by atoms with E-state index >= 15 is 0 Å². The first-order valence-electron chi connectivity index (χ1n) is 4.52. The average molecular weight is 261 g/mol. The van der Waals surface area contributed by atoms with Gasteiger partial charge in [0.05, 0.1) is 12.1 Å². The summed E-state index contributed by atoms with van der Waals surface area (Å²) in [4.78, 5) is 14.7. The number of nitrogens with zero attached hydrogens (tertiary/aromatic N) is 2. The number of imidazole rings is 1. The third-order valence-corrected chi connectivity index (χ3v) is 2.29. The van der Waals surface area contributed by atoms with Crippen LogP contribution in [0.1, 0.15) is 24.4 Å². The van der Waals surface area contributed by atoms with Crippen molar-refractivity contribution in [1.29, 1.82) is 0 Å². The predicted octanol–water partition coefficient (Wildman–Crippen LogP) is 1.42. The lowest BCUT2D eigenvalue weighted by Crippen LogP contribution is -2.08. The van der Waals surface area contributed by atoms with E-state index in [1.165, 1.54) is 12.8 Å². The minimum absolute atomic E-state index is 0. The maximum Gasteiger partial charge on any atom is 0.309 e. The number of carbonyl (C=O) groups is 1. The monoisotopic (exact) mass is 260 g/mol. The highest BCUT2D eigenvalue weighted by molar-refractivity contribution is 8.93. The van der Waals surface area contributed by atoms with Crippen molar-refractivity contribution in [2.45, 2.75) is 32.2 Å². The molecule has 1 aliphatic heterocycles. The van der Waals surface area contributed by atoms with Crippen molar-refractivity contribution in [3.63, 3.8) is 0 Å². The number of aliphatic carboxylic acids is 1. The number of hydrogen-bond acceptors (Lipinski definition) is 2. The minimum Gasteiger partial charge on any atom is -0.481 e. The average Bonchev–Trinajstić information content (AvgIpc) is 2.44. The van der Waals surface area contributed by atoms with Crippen molar-refractivity contribution in [2.75, 3.05) is 0 Å². The van der Waals surface area contributed by atoms with Crippen molar-refractivity contribution in [2.24, 2.45) is 0 Å². The van der Waals surface area contributed by atoms with Crippen LogP contribution < -0.4 is 0 Å². The molecule has 0 radical (unpaired) electrons. The van der Waals surface area contributed by atoms with E-state index in [0.29, 0.717) is 5.69 Å². The third kappa shape index (κ3) is 2.35. The maximum absolute atomic E-state index is 10.4. The van der Waals surface area contributed by atoms with E-state index in [1.54, 1.807) is 0 Å². The van der Waals surface area contributed by atoms with Crippen LogP contribution in [0.3, 0.4) is 0 Å². The molecule has 0 bridgehead atoms. The number of carboxylic acids is 1. The van der Waals surface area contributed by atoms with E-state index in [0.717, 1.165) is 18.8 Å². The molecule has 2 rings (SSSR count). The van der Waals surface area contributed by atoms with Gasteiger partial charge in [-0.3, -0.25) is 4.79 Å². The second kappa shape index (κ2) is 4.59. The van der Waals surface area contributed by atoms with Crippen LogP contribution >= 0.6 is 17.0 Å². The number of aryl methyl sites for hydroxylation is 2. The quantitative estimate of drug-likeness (QED) is 0.876. The van der Waals surface area contributed by atoms with Crippen molar-refractivity contribution < 1.29 is 9.90 Å². The lowest BCUT2D eigenvalue weighted by molar-refractivity contribution is -0.136. The number of hydrogen-bond donors (Lipinski definition) is 1. The first-order chi connectivity index (χ1) is 6.25. The van der Waals surface area contributed by atoms with Crippen LogP contribution in [0.2, 0.25) is 0 Å². The highest BCUT2D eigenvalue weighted by Gasteiger charge is 2.13. The van der Waals surface area contributed by atoms with Gasteiger partial charge in [0, 0.05) is 19.2 Å². The Morgan fingerprint density at radius 1 is 1.57 bits per heavy atom. The number of rotatable bonds is 2. The zero-order chi connectivity index (χ0) is 9.26. The summed E-state index contributed by atoms with van der Waals surface area (Å²) >= 11 is 0. The summed E-state index contributed by atoms with van der Waals surface area (Å²) < 4.78 is 2.07. The van der Waals surface area contributed by atoms with Gasteiger partial charge >= 0.3 is 5.97 Å². The molecule has 0 saturated carbocycles. The van der Waals surface area contributed by atoms with Gasteiger partial charge in [0.1, 0.15) is 5.82 Å². The molecule has 78 valence electrons. The van der Waals surface area contributed by atoms with Crippen molar-refractivity contribution in [1.82, 2.24) is 9.55 Å². The van der Waals surface area contributed by atoms with E-state index < -0.39 is 5.97 Å². The van der Waals surface area contributed by atoms with Gasteiger partial charge in [0.15, 0.2) is 0 Å². The Hall–Kier alpha value is -0.840. The van der Waals surface area contributed by atoms with E-state index in [1.807, 2.05) is 6.20 Å². The van der Waals surface area contributed by atoms with Crippen molar-refractivity contribution >= 4 is 23.0 Å². The van der Waals surface area contributed by atoms with Gasteiger partial charge in [0.25, 0.3) is 0 Å². The molecule has 1 aliphatic rings. The molecule has 0 spiro atoms. The number of carboxylic acid groups (broad SMARTS) is 1. The molecular formula is C9H13BrN2O2. The van der Waals surface area contributed by atoms with Gasteiger partial charge in [-0.2, -0.15) is 0 Å². The van der Waals surface area contributed by atoms with Crippen molar-refractivity contribution in [3.05, 3.63) is 17.7 Å². The Labute approximate surface area is 92.7 Å². The molecule has 0 amide bonds. The van der Waals surface area contributed by atoms with Gasteiger partial charge in [0.2, 0.25) is 0 Å². The van der Waals surface area contributed by atoms with Crippen LogP contribution in [-0.4, -0.2) is 20.6 Å². The van der Waals surface area contributed by atoms with Crippen LogP contribution in [0, 0.1) is 0 Å². The summed E-state index contributed by atoms with van der Waals surface area (Å²) in [6.45, 7) is 0.988. The Bertz CT molecular complexity index is 312. The van der Waals surface area contributed by atoms with Crippen LogP contribution in [0.15, 0.2) is 6.20 Å². The summed E-state index contributed by atoms with van der Waals surface area (Å²) in [6, 6.07) is 0. The van der Waals surface area contributed by atoms with Crippen LogP contribution in [0.4, 0.5) is 0 Å². The lowest BCUT2D eigenvalue weighted by atomic mass is 10.2. The Kier molecular flexibility index (Phi) is 3.69. The van der Waals surface area contributed by atoms with E-state index in [-0.39, 0.29) is 23.4 Å². The van der Waals surface area contributed by atoms with Gasteiger partial charge in [-0.05, 0) is 12.8 Å². The normalized spacial score (nSPS) is 14.3. The summed E-state index contributed by atoms with van der Waals surface area (Å²) in [5.41, 5.74) is 0.685. The van der Waals surface area contributed by atoms with E-state index in [9.17, 15) is 4.79 Å². The molecule has 0 aliphatic carbocycles. The maximum atomic E-state index is 10.4. The number of halogens is 1. The Morgan fingerprint density at radius 2 is 2.36 bits per heavy atom. The van der Waals surface area contributed by atoms with Gasteiger partial charge in [-0.25, -0.2) is 4.98 Å². The molecular weight excluding hydrogens is 248 g/mol. The summed E-state index contributed by atoms with van der Waals surface area (Å²) in [5.74, 6) is 0.234. The zero-order valence-corrected chi connectivity index (χ0v) is 9.48. The molecule has 0 saturated heterocycles. The van der Waals surface area contributed by atoms with Crippen LogP contribution in [0.25, 0.3) is 0 Å². The molecule has 1 aromatic rings. The summed E-state index contributed by atoms with van der Waals surface area (Å²) in [6.07, 6.45) is 5.24. The predicted molar refractivity (Wildman–Crippen MR) is 56.8 cm³/mol. The molecule has 0 aromatic carbocycles.